The molecule has 0 unspecified atom stereocenters. The maximum atomic E-state index is 11.7. The average molecular weight is 258 g/mol. The number of piperazine rings is 1. The number of hydrogen-bond acceptors (Lipinski definition) is 3. The molecule has 0 aromatic heterocycles. The van der Waals surface area contributed by atoms with Gasteiger partial charge in [-0.25, -0.2) is 0 Å². The highest BCUT2D eigenvalue weighted by Gasteiger charge is 2.29. The Hall–Kier alpha value is -0.0300. The van der Waals surface area contributed by atoms with E-state index < -0.39 is 5.54 Å². The third-order valence-electron chi connectivity index (χ3n) is 2.34. The van der Waals surface area contributed by atoms with E-state index in [1.165, 1.54) is 0 Å². The van der Waals surface area contributed by atoms with Crippen LogP contribution < -0.4 is 5.73 Å². The van der Waals surface area contributed by atoms with E-state index in [1.807, 2.05) is 4.90 Å². The maximum absolute atomic E-state index is 11.7. The van der Waals surface area contributed by atoms with E-state index in [9.17, 15) is 4.79 Å². The Morgan fingerprint density at radius 2 is 1.53 bits per heavy atom. The molecule has 1 amide bonds. The molecule has 1 aliphatic heterocycles. The summed E-state index contributed by atoms with van der Waals surface area (Å²) in [6.45, 7) is 7.01. The number of carbonyl (C=O) groups excluding carboxylic acids is 1. The van der Waals surface area contributed by atoms with Crippen LogP contribution in [0.2, 0.25) is 0 Å². The summed E-state index contributed by atoms with van der Waals surface area (Å²) >= 11 is 0. The van der Waals surface area contributed by atoms with Crippen LogP contribution in [0.3, 0.4) is 0 Å². The van der Waals surface area contributed by atoms with Crippen LogP contribution in [0.15, 0.2) is 0 Å². The Kier molecular flexibility index (Phi) is 7.56. The van der Waals surface area contributed by atoms with E-state index in [1.54, 1.807) is 13.8 Å². The van der Waals surface area contributed by atoms with E-state index in [-0.39, 0.29) is 30.7 Å². The first-order valence-corrected chi connectivity index (χ1v) is 4.68. The molecule has 0 atom stereocenters. The summed E-state index contributed by atoms with van der Waals surface area (Å²) in [5.41, 5.74) is 5.01. The molecule has 6 heteroatoms. The van der Waals surface area contributed by atoms with Gasteiger partial charge < -0.3 is 15.5 Å². The molecule has 1 heterocycles. The van der Waals surface area contributed by atoms with Crippen molar-refractivity contribution in [2.24, 2.45) is 5.73 Å². The summed E-state index contributed by atoms with van der Waals surface area (Å²) in [5, 5.41) is 0. The third kappa shape index (κ3) is 5.02. The van der Waals surface area contributed by atoms with Crippen molar-refractivity contribution >= 4 is 30.7 Å². The Labute approximate surface area is 104 Å². The highest BCUT2D eigenvalue weighted by atomic mass is 35.5. The Morgan fingerprint density at radius 1 is 1.13 bits per heavy atom. The van der Waals surface area contributed by atoms with Crippen molar-refractivity contribution in [2.75, 3.05) is 33.2 Å². The van der Waals surface area contributed by atoms with Gasteiger partial charge in [-0.2, -0.15) is 0 Å². The molecule has 0 aliphatic carbocycles. The van der Waals surface area contributed by atoms with Crippen molar-refractivity contribution in [3.8, 4) is 0 Å². The summed E-state index contributed by atoms with van der Waals surface area (Å²) in [6.07, 6.45) is 0. The Balaban J connectivity index is 0. The van der Waals surface area contributed by atoms with Crippen LogP contribution in [0.1, 0.15) is 13.8 Å². The second-order valence-electron chi connectivity index (χ2n) is 4.32. The van der Waals surface area contributed by atoms with Gasteiger partial charge in [-0.15, -0.1) is 24.8 Å². The van der Waals surface area contributed by atoms with Gasteiger partial charge in [0.25, 0.3) is 0 Å². The molecule has 0 aromatic rings. The van der Waals surface area contributed by atoms with Crippen LogP contribution >= 0.6 is 24.8 Å². The molecule has 1 aliphatic rings. The van der Waals surface area contributed by atoms with Gasteiger partial charge in [0.15, 0.2) is 0 Å². The monoisotopic (exact) mass is 257 g/mol. The number of amides is 1. The van der Waals surface area contributed by atoms with Crippen LogP contribution in [-0.4, -0.2) is 54.5 Å². The molecular formula is C9H21Cl2N3O. The molecule has 0 radical (unpaired) electrons. The predicted octanol–water partition coefficient (Wildman–Crippen LogP) is 0.341. The highest BCUT2D eigenvalue weighted by Crippen LogP contribution is 2.07. The maximum Gasteiger partial charge on any atom is 0.242 e. The lowest BCUT2D eigenvalue weighted by Crippen LogP contribution is -2.56. The van der Waals surface area contributed by atoms with Crippen LogP contribution in [0.5, 0.6) is 0 Å². The van der Waals surface area contributed by atoms with Crippen molar-refractivity contribution in [3.05, 3.63) is 0 Å². The number of likely N-dealkylation sites (N-methyl/N-ethyl adjacent to an activating group) is 1. The minimum atomic E-state index is -0.726. The molecule has 0 spiro atoms. The van der Waals surface area contributed by atoms with Crippen LogP contribution in [0.25, 0.3) is 0 Å². The second kappa shape index (κ2) is 6.53. The van der Waals surface area contributed by atoms with E-state index in [0.717, 1.165) is 26.2 Å². The van der Waals surface area contributed by atoms with Crippen LogP contribution in [0, 0.1) is 0 Å². The standard InChI is InChI=1S/C9H19N3O.2ClH/c1-9(2,10)8(13)12-6-4-11(3)5-7-12;;/h4-7,10H2,1-3H3;2*1H. The SMILES string of the molecule is CN1CCN(C(=O)C(C)(C)N)CC1.Cl.Cl. The topological polar surface area (TPSA) is 49.6 Å². The smallest absolute Gasteiger partial charge is 0.242 e. The van der Waals surface area contributed by atoms with E-state index in [2.05, 4.69) is 11.9 Å². The van der Waals surface area contributed by atoms with Gasteiger partial charge >= 0.3 is 0 Å². The van der Waals surface area contributed by atoms with Crippen LogP contribution in [-0.2, 0) is 4.79 Å². The van der Waals surface area contributed by atoms with Crippen molar-refractivity contribution in [1.29, 1.82) is 0 Å². The fourth-order valence-corrected chi connectivity index (χ4v) is 1.42. The largest absolute Gasteiger partial charge is 0.339 e. The van der Waals surface area contributed by atoms with E-state index >= 15 is 0 Å². The number of nitrogens with zero attached hydrogens (tertiary/aromatic N) is 2. The van der Waals surface area contributed by atoms with Crippen molar-refractivity contribution in [2.45, 2.75) is 19.4 Å². The summed E-state index contributed by atoms with van der Waals surface area (Å²) in [5.74, 6) is 0.0561. The molecular weight excluding hydrogens is 237 g/mol. The number of nitrogens with two attached hydrogens (primary N) is 1. The zero-order valence-corrected chi connectivity index (χ0v) is 11.2. The molecule has 4 nitrogen and oxygen atoms in total. The fraction of sp³-hybridized carbons (Fsp3) is 0.889. The molecule has 0 bridgehead atoms. The fourth-order valence-electron chi connectivity index (χ4n) is 1.42. The second-order valence-corrected chi connectivity index (χ2v) is 4.32. The third-order valence-corrected chi connectivity index (χ3v) is 2.34. The van der Waals surface area contributed by atoms with Gasteiger partial charge in [0.2, 0.25) is 5.91 Å². The Morgan fingerprint density at radius 3 is 1.87 bits per heavy atom. The number of rotatable bonds is 1. The summed E-state index contributed by atoms with van der Waals surface area (Å²) < 4.78 is 0. The molecule has 15 heavy (non-hydrogen) atoms. The lowest BCUT2D eigenvalue weighted by atomic mass is 10.1. The first-order chi connectivity index (χ1) is 5.91. The molecule has 0 aromatic carbocycles. The first kappa shape index (κ1) is 17.4. The first-order valence-electron chi connectivity index (χ1n) is 4.68. The molecule has 1 saturated heterocycles. The van der Waals surface area contributed by atoms with Crippen molar-refractivity contribution in [3.63, 3.8) is 0 Å². The molecule has 2 N–H and O–H groups in total. The zero-order valence-electron chi connectivity index (χ0n) is 9.52. The summed E-state index contributed by atoms with van der Waals surface area (Å²) in [6, 6.07) is 0. The van der Waals surface area contributed by atoms with Crippen molar-refractivity contribution in [1.82, 2.24) is 9.80 Å². The normalized spacial score (nSPS) is 17.7. The number of halogens is 2. The number of carbonyl (C=O) groups is 1. The number of hydrogen-bond donors (Lipinski definition) is 1. The van der Waals surface area contributed by atoms with E-state index in [0.29, 0.717) is 0 Å². The van der Waals surface area contributed by atoms with Gasteiger partial charge in [-0.1, -0.05) is 0 Å². The summed E-state index contributed by atoms with van der Waals surface area (Å²) in [4.78, 5) is 15.8. The minimum absolute atomic E-state index is 0. The van der Waals surface area contributed by atoms with Crippen molar-refractivity contribution < 1.29 is 4.79 Å². The molecule has 0 saturated carbocycles. The van der Waals surface area contributed by atoms with Crippen LogP contribution in [0.4, 0.5) is 0 Å². The van der Waals surface area contributed by atoms with Gasteiger partial charge in [0, 0.05) is 26.2 Å². The van der Waals surface area contributed by atoms with E-state index in [4.69, 9.17) is 5.73 Å². The molecule has 92 valence electrons. The van der Waals surface area contributed by atoms with Gasteiger partial charge in [-0.05, 0) is 20.9 Å². The Bertz CT molecular complexity index is 198. The molecule has 1 fully saturated rings. The summed E-state index contributed by atoms with van der Waals surface area (Å²) in [7, 11) is 2.06. The van der Waals surface area contributed by atoms with Gasteiger partial charge in [0.05, 0.1) is 5.54 Å². The minimum Gasteiger partial charge on any atom is -0.339 e. The quantitative estimate of drug-likeness (QED) is 0.738. The average Bonchev–Trinajstić information content (AvgIpc) is 2.03. The lowest BCUT2D eigenvalue weighted by molar-refractivity contribution is -0.137. The van der Waals surface area contributed by atoms with Gasteiger partial charge in [0.1, 0.15) is 0 Å². The molecule has 1 rings (SSSR count). The lowest BCUT2D eigenvalue weighted by Gasteiger charge is -2.35. The predicted molar refractivity (Wildman–Crippen MR) is 66.8 cm³/mol. The van der Waals surface area contributed by atoms with Gasteiger partial charge in [-0.3, -0.25) is 4.79 Å². The highest BCUT2D eigenvalue weighted by molar-refractivity contribution is 5.86. The zero-order chi connectivity index (χ0) is 10.1.